The maximum absolute atomic E-state index is 5.53. The second-order valence-corrected chi connectivity index (χ2v) is 3.76. The number of hydrogen-bond acceptors (Lipinski definition) is 4. The van der Waals surface area contributed by atoms with Gasteiger partial charge in [-0.05, 0) is 31.5 Å². The third-order valence-corrected chi connectivity index (χ3v) is 2.45. The minimum absolute atomic E-state index is 0.606. The average Bonchev–Trinajstić information content (AvgIpc) is 2.71. The molecule has 0 atom stereocenters. The molecule has 0 amide bonds. The van der Waals surface area contributed by atoms with Crippen molar-refractivity contribution in [3.63, 3.8) is 0 Å². The number of nitrogens with two attached hydrogens (primary N) is 1. The van der Waals surface area contributed by atoms with E-state index in [1.165, 1.54) is 0 Å². The lowest BCUT2D eigenvalue weighted by Crippen LogP contribution is -2.03. The van der Waals surface area contributed by atoms with Crippen LogP contribution in [-0.4, -0.2) is 18.1 Å². The van der Waals surface area contributed by atoms with Crippen molar-refractivity contribution >= 4 is 17.1 Å². The third kappa shape index (κ3) is 2.73. The van der Waals surface area contributed by atoms with Crippen molar-refractivity contribution in [2.75, 3.05) is 18.4 Å². The summed E-state index contributed by atoms with van der Waals surface area (Å²) >= 11 is 0. The molecule has 0 aliphatic rings. The van der Waals surface area contributed by atoms with Crippen molar-refractivity contribution in [2.45, 2.75) is 19.3 Å². The summed E-state index contributed by atoms with van der Waals surface area (Å²) in [5.74, 6) is 0. The summed E-state index contributed by atoms with van der Waals surface area (Å²) in [5.41, 5.74) is 7.14. The average molecular weight is 219 g/mol. The Morgan fingerprint density at radius 1 is 1.19 bits per heavy atom. The fourth-order valence-corrected chi connectivity index (χ4v) is 1.59. The van der Waals surface area contributed by atoms with E-state index in [-0.39, 0.29) is 0 Å². The first-order chi connectivity index (χ1) is 7.90. The Morgan fingerprint density at radius 2 is 2.06 bits per heavy atom. The van der Waals surface area contributed by atoms with Gasteiger partial charge in [-0.15, -0.1) is 0 Å². The number of para-hydroxylation sites is 2. The van der Waals surface area contributed by atoms with E-state index in [1.54, 1.807) is 0 Å². The van der Waals surface area contributed by atoms with Gasteiger partial charge in [0.2, 0.25) is 0 Å². The molecule has 0 radical (unpaired) electrons. The quantitative estimate of drug-likeness (QED) is 0.732. The van der Waals surface area contributed by atoms with Gasteiger partial charge in [0, 0.05) is 6.54 Å². The van der Waals surface area contributed by atoms with Gasteiger partial charge in [0.05, 0.1) is 0 Å². The van der Waals surface area contributed by atoms with Crippen LogP contribution < -0.4 is 11.1 Å². The van der Waals surface area contributed by atoms with Crippen LogP contribution in [0.1, 0.15) is 19.3 Å². The summed E-state index contributed by atoms with van der Waals surface area (Å²) in [5, 5.41) is 3.17. The topological polar surface area (TPSA) is 64.1 Å². The number of rotatable bonds is 6. The lowest BCUT2D eigenvalue weighted by atomic mass is 10.2. The van der Waals surface area contributed by atoms with Crippen LogP contribution in [0.4, 0.5) is 6.01 Å². The Balaban J connectivity index is 1.85. The number of nitrogens with one attached hydrogen (secondary N) is 1. The molecular weight excluding hydrogens is 202 g/mol. The highest BCUT2D eigenvalue weighted by Crippen LogP contribution is 2.17. The highest BCUT2D eigenvalue weighted by molar-refractivity contribution is 5.74. The Morgan fingerprint density at radius 3 is 2.88 bits per heavy atom. The predicted molar refractivity (Wildman–Crippen MR) is 65.4 cm³/mol. The fraction of sp³-hybridized carbons (Fsp3) is 0.417. The number of benzene rings is 1. The first kappa shape index (κ1) is 11.0. The molecule has 0 saturated carbocycles. The van der Waals surface area contributed by atoms with E-state index < -0.39 is 0 Å². The minimum atomic E-state index is 0.606. The van der Waals surface area contributed by atoms with Crippen molar-refractivity contribution in [3.05, 3.63) is 24.3 Å². The summed E-state index contributed by atoms with van der Waals surface area (Å²) in [6.45, 7) is 1.65. The van der Waals surface area contributed by atoms with Gasteiger partial charge in [0.15, 0.2) is 5.58 Å². The Labute approximate surface area is 94.8 Å². The molecule has 16 heavy (non-hydrogen) atoms. The summed E-state index contributed by atoms with van der Waals surface area (Å²) in [6.07, 6.45) is 3.31. The van der Waals surface area contributed by atoms with Crippen LogP contribution >= 0.6 is 0 Å². The van der Waals surface area contributed by atoms with Gasteiger partial charge in [0.1, 0.15) is 5.52 Å². The molecule has 0 unspecified atom stereocenters. The standard InChI is InChI=1S/C12H17N3O/c13-8-4-1-5-9-14-12-15-10-6-2-3-7-11(10)16-12/h2-3,6-7H,1,4-5,8-9,13H2,(H,14,15). The van der Waals surface area contributed by atoms with Crippen LogP contribution in [0.25, 0.3) is 11.1 Å². The Kier molecular flexibility index (Phi) is 3.77. The van der Waals surface area contributed by atoms with Gasteiger partial charge < -0.3 is 15.5 Å². The molecule has 4 heteroatoms. The van der Waals surface area contributed by atoms with Crippen LogP contribution in [0.3, 0.4) is 0 Å². The molecule has 0 spiro atoms. The van der Waals surface area contributed by atoms with E-state index in [9.17, 15) is 0 Å². The first-order valence-corrected chi connectivity index (χ1v) is 5.69. The smallest absolute Gasteiger partial charge is 0.295 e. The second kappa shape index (κ2) is 5.51. The van der Waals surface area contributed by atoms with Gasteiger partial charge in [-0.2, -0.15) is 4.98 Å². The summed E-state index contributed by atoms with van der Waals surface area (Å²) in [4.78, 5) is 4.33. The fourth-order valence-electron chi connectivity index (χ4n) is 1.59. The summed E-state index contributed by atoms with van der Waals surface area (Å²) in [7, 11) is 0. The number of hydrogen-bond donors (Lipinski definition) is 2. The molecule has 1 heterocycles. The van der Waals surface area contributed by atoms with Crippen molar-refractivity contribution in [1.82, 2.24) is 4.98 Å². The molecule has 0 saturated heterocycles. The SMILES string of the molecule is NCCCCCNc1nc2ccccc2o1. The van der Waals surface area contributed by atoms with Crippen molar-refractivity contribution in [1.29, 1.82) is 0 Å². The molecule has 1 aromatic carbocycles. The van der Waals surface area contributed by atoms with Gasteiger partial charge in [-0.3, -0.25) is 0 Å². The molecule has 2 aromatic rings. The lowest BCUT2D eigenvalue weighted by molar-refractivity contribution is 0.607. The van der Waals surface area contributed by atoms with Gasteiger partial charge in [0.25, 0.3) is 6.01 Å². The van der Waals surface area contributed by atoms with Crippen LogP contribution in [0.5, 0.6) is 0 Å². The number of aromatic nitrogens is 1. The largest absolute Gasteiger partial charge is 0.424 e. The van der Waals surface area contributed by atoms with E-state index in [2.05, 4.69) is 10.3 Å². The number of oxazole rings is 1. The van der Waals surface area contributed by atoms with Crippen LogP contribution in [-0.2, 0) is 0 Å². The molecule has 0 bridgehead atoms. The zero-order valence-corrected chi connectivity index (χ0v) is 9.28. The second-order valence-electron chi connectivity index (χ2n) is 3.76. The Bertz CT molecular complexity index is 406. The molecule has 0 aliphatic carbocycles. The molecule has 3 N–H and O–H groups in total. The van der Waals surface area contributed by atoms with E-state index in [0.717, 1.165) is 43.5 Å². The van der Waals surface area contributed by atoms with Crippen LogP contribution in [0, 0.1) is 0 Å². The van der Waals surface area contributed by atoms with Gasteiger partial charge in [-0.25, -0.2) is 0 Å². The highest BCUT2D eigenvalue weighted by Gasteiger charge is 2.02. The maximum Gasteiger partial charge on any atom is 0.295 e. The molecular formula is C12H17N3O. The van der Waals surface area contributed by atoms with Crippen molar-refractivity contribution in [3.8, 4) is 0 Å². The first-order valence-electron chi connectivity index (χ1n) is 5.69. The molecule has 1 aromatic heterocycles. The highest BCUT2D eigenvalue weighted by atomic mass is 16.4. The van der Waals surface area contributed by atoms with Crippen molar-refractivity contribution in [2.24, 2.45) is 5.73 Å². The van der Waals surface area contributed by atoms with Crippen LogP contribution in [0.15, 0.2) is 28.7 Å². The molecule has 0 fully saturated rings. The monoisotopic (exact) mass is 219 g/mol. The Hall–Kier alpha value is -1.55. The van der Waals surface area contributed by atoms with Crippen molar-refractivity contribution < 1.29 is 4.42 Å². The number of nitrogens with zero attached hydrogens (tertiary/aromatic N) is 1. The normalized spacial score (nSPS) is 10.8. The van der Waals surface area contributed by atoms with E-state index in [4.69, 9.17) is 10.2 Å². The number of unbranched alkanes of at least 4 members (excludes halogenated alkanes) is 2. The van der Waals surface area contributed by atoms with E-state index in [0.29, 0.717) is 6.01 Å². The van der Waals surface area contributed by atoms with Gasteiger partial charge >= 0.3 is 0 Å². The van der Waals surface area contributed by atoms with Crippen LogP contribution in [0.2, 0.25) is 0 Å². The zero-order chi connectivity index (χ0) is 11.2. The predicted octanol–water partition coefficient (Wildman–Crippen LogP) is 2.37. The van der Waals surface area contributed by atoms with E-state index in [1.807, 2.05) is 24.3 Å². The number of anilines is 1. The maximum atomic E-state index is 5.53. The third-order valence-electron chi connectivity index (χ3n) is 2.45. The molecule has 4 nitrogen and oxygen atoms in total. The number of fused-ring (bicyclic) bond motifs is 1. The molecule has 2 rings (SSSR count). The molecule has 0 aliphatic heterocycles. The minimum Gasteiger partial charge on any atom is -0.424 e. The molecule has 86 valence electrons. The van der Waals surface area contributed by atoms with E-state index >= 15 is 0 Å². The van der Waals surface area contributed by atoms with Gasteiger partial charge in [-0.1, -0.05) is 18.6 Å². The summed E-state index contributed by atoms with van der Waals surface area (Å²) in [6, 6.07) is 8.36. The lowest BCUT2D eigenvalue weighted by Gasteiger charge is -2.00. The summed E-state index contributed by atoms with van der Waals surface area (Å²) < 4.78 is 5.53. The zero-order valence-electron chi connectivity index (χ0n) is 9.28.